The Labute approximate surface area is 235 Å². The molecule has 0 radical (unpaired) electrons. The van der Waals surface area contributed by atoms with E-state index in [4.69, 9.17) is 4.74 Å². The highest BCUT2D eigenvalue weighted by molar-refractivity contribution is 6.00. The molecule has 0 aliphatic heterocycles. The van der Waals surface area contributed by atoms with Crippen molar-refractivity contribution in [3.63, 3.8) is 0 Å². The molecule has 2 aromatic carbocycles. The van der Waals surface area contributed by atoms with Crippen LogP contribution in [-0.4, -0.2) is 41.7 Å². The van der Waals surface area contributed by atoms with E-state index in [0.717, 1.165) is 5.56 Å². The molecule has 40 heavy (non-hydrogen) atoms. The molecule has 10 nitrogen and oxygen atoms in total. The van der Waals surface area contributed by atoms with Crippen LogP contribution < -0.4 is 21.3 Å². The molecule has 0 unspecified atom stereocenters. The largest absolute Gasteiger partial charge is 0.460 e. The molecule has 0 saturated heterocycles. The number of carbonyl (C=O) groups is 5. The minimum absolute atomic E-state index is 0.124. The second-order valence-corrected chi connectivity index (χ2v) is 10.9. The van der Waals surface area contributed by atoms with Crippen molar-refractivity contribution in [1.82, 2.24) is 10.6 Å². The molecule has 2 atom stereocenters. The maximum absolute atomic E-state index is 13.0. The summed E-state index contributed by atoms with van der Waals surface area (Å²) in [6.45, 7) is 12.3. The summed E-state index contributed by atoms with van der Waals surface area (Å²) >= 11 is 0. The van der Waals surface area contributed by atoms with Gasteiger partial charge in [-0.15, -0.1) is 0 Å². The molecule has 0 spiro atoms. The zero-order valence-corrected chi connectivity index (χ0v) is 24.2. The van der Waals surface area contributed by atoms with Gasteiger partial charge in [0.15, 0.2) is 0 Å². The van der Waals surface area contributed by atoms with Gasteiger partial charge in [0.2, 0.25) is 17.7 Å². The lowest BCUT2D eigenvalue weighted by Crippen LogP contribution is -2.53. The predicted octanol–water partition coefficient (Wildman–Crippen LogP) is 4.02. The maximum atomic E-state index is 13.0. The summed E-state index contributed by atoms with van der Waals surface area (Å²) in [5, 5.41) is 10.8. The number of ether oxygens (including phenoxy) is 1. The van der Waals surface area contributed by atoms with Gasteiger partial charge in [0, 0.05) is 23.4 Å². The van der Waals surface area contributed by atoms with Crippen LogP contribution in [0.2, 0.25) is 0 Å². The minimum atomic E-state index is -0.877. The molecule has 10 heteroatoms. The molecule has 0 saturated carbocycles. The molecule has 2 rings (SSSR count). The van der Waals surface area contributed by atoms with Crippen molar-refractivity contribution in [2.75, 3.05) is 10.6 Å². The van der Waals surface area contributed by atoms with Gasteiger partial charge in [0.25, 0.3) is 5.91 Å². The van der Waals surface area contributed by atoms with Crippen molar-refractivity contribution in [3.05, 3.63) is 59.7 Å². The van der Waals surface area contributed by atoms with Crippen LogP contribution in [0.5, 0.6) is 0 Å². The van der Waals surface area contributed by atoms with Gasteiger partial charge in [0.05, 0.1) is 5.41 Å². The number of hydrogen-bond donors (Lipinski definition) is 4. The van der Waals surface area contributed by atoms with E-state index in [1.807, 2.05) is 0 Å². The fourth-order valence-electron chi connectivity index (χ4n) is 3.38. The topological polar surface area (TPSA) is 143 Å². The number of rotatable bonds is 11. The first-order valence-corrected chi connectivity index (χ1v) is 13.3. The van der Waals surface area contributed by atoms with Crippen molar-refractivity contribution < 1.29 is 28.7 Å². The van der Waals surface area contributed by atoms with E-state index in [9.17, 15) is 24.0 Å². The van der Waals surface area contributed by atoms with Crippen molar-refractivity contribution in [1.29, 1.82) is 0 Å². The van der Waals surface area contributed by atoms with Crippen LogP contribution in [0.3, 0.4) is 0 Å². The predicted molar refractivity (Wildman–Crippen MR) is 153 cm³/mol. The zero-order valence-electron chi connectivity index (χ0n) is 24.2. The minimum Gasteiger partial charge on any atom is -0.460 e. The van der Waals surface area contributed by atoms with Crippen molar-refractivity contribution in [2.45, 2.75) is 73.6 Å². The average molecular weight is 553 g/mol. The number of amides is 4. The molecule has 4 amide bonds. The number of esters is 1. The van der Waals surface area contributed by atoms with E-state index in [-0.39, 0.29) is 24.4 Å². The molecule has 0 aromatic heterocycles. The smallest absolute Gasteiger partial charge is 0.311 e. The van der Waals surface area contributed by atoms with Gasteiger partial charge in [-0.25, -0.2) is 0 Å². The average Bonchev–Trinajstić information content (AvgIpc) is 2.90. The standard InChI is InChI=1S/C30H40N4O6/c1-8-24(35)32-22-15-11-21(12-16-22)27(37)34-25(18(2)3)28(38)31-19(4)26(36)33-23-13-9-20(10-14-23)17-40-29(39)30(5,6)7/h9-16,18-19,25H,8,17H2,1-7H3,(H,31,38)(H,32,35)(H,33,36)(H,34,37)/t19-,25-/m0/s1. The Morgan fingerprint density at radius 3 is 1.85 bits per heavy atom. The van der Waals surface area contributed by atoms with Gasteiger partial charge in [-0.3, -0.25) is 24.0 Å². The molecule has 0 heterocycles. The van der Waals surface area contributed by atoms with E-state index < -0.39 is 35.2 Å². The summed E-state index contributed by atoms with van der Waals surface area (Å²) in [4.78, 5) is 62.0. The Kier molecular flexibility index (Phi) is 11.4. The van der Waals surface area contributed by atoms with E-state index >= 15 is 0 Å². The number of carbonyl (C=O) groups excluding carboxylic acids is 5. The first-order chi connectivity index (χ1) is 18.7. The van der Waals surface area contributed by atoms with Crippen LogP contribution in [0, 0.1) is 11.3 Å². The van der Waals surface area contributed by atoms with Crippen LogP contribution >= 0.6 is 0 Å². The van der Waals surface area contributed by atoms with Gasteiger partial charge in [0.1, 0.15) is 18.7 Å². The monoisotopic (exact) mass is 552 g/mol. The van der Waals surface area contributed by atoms with Gasteiger partial charge < -0.3 is 26.0 Å². The SMILES string of the molecule is CCC(=O)Nc1ccc(C(=O)N[C@H](C(=O)N[C@@H](C)C(=O)Nc2ccc(COC(=O)C(C)(C)C)cc2)C(C)C)cc1. The number of hydrogen-bond acceptors (Lipinski definition) is 6. The van der Waals surface area contributed by atoms with Crippen molar-refractivity contribution >= 4 is 41.0 Å². The fourth-order valence-corrected chi connectivity index (χ4v) is 3.38. The van der Waals surface area contributed by atoms with Crippen molar-refractivity contribution in [2.24, 2.45) is 11.3 Å². The molecule has 0 fully saturated rings. The van der Waals surface area contributed by atoms with Crippen LogP contribution in [0.15, 0.2) is 48.5 Å². The fraction of sp³-hybridized carbons (Fsp3) is 0.433. The zero-order chi connectivity index (χ0) is 30.0. The van der Waals surface area contributed by atoms with Crippen LogP contribution in [0.25, 0.3) is 0 Å². The first-order valence-electron chi connectivity index (χ1n) is 13.3. The van der Waals surface area contributed by atoms with Gasteiger partial charge >= 0.3 is 5.97 Å². The third kappa shape index (κ3) is 9.83. The third-order valence-corrected chi connectivity index (χ3v) is 5.94. The Bertz CT molecular complexity index is 1200. The second-order valence-electron chi connectivity index (χ2n) is 10.9. The lowest BCUT2D eigenvalue weighted by atomic mass is 9.97. The normalized spacial score (nSPS) is 12.6. The van der Waals surface area contributed by atoms with Gasteiger partial charge in [-0.2, -0.15) is 0 Å². The summed E-state index contributed by atoms with van der Waals surface area (Å²) in [5.74, 6) is -2.06. The molecule has 0 aliphatic carbocycles. The summed E-state index contributed by atoms with van der Waals surface area (Å²) in [5.41, 5.74) is 1.60. The summed E-state index contributed by atoms with van der Waals surface area (Å²) in [6, 6.07) is 11.4. The maximum Gasteiger partial charge on any atom is 0.311 e. The lowest BCUT2D eigenvalue weighted by molar-refractivity contribution is -0.154. The third-order valence-electron chi connectivity index (χ3n) is 5.94. The molecule has 0 aliphatic rings. The van der Waals surface area contributed by atoms with Crippen LogP contribution in [0.1, 0.15) is 70.8 Å². The number of anilines is 2. The highest BCUT2D eigenvalue weighted by atomic mass is 16.5. The Balaban J connectivity index is 1.93. The summed E-state index contributed by atoms with van der Waals surface area (Å²) in [6.07, 6.45) is 0.340. The molecule has 216 valence electrons. The van der Waals surface area contributed by atoms with Crippen LogP contribution in [-0.2, 0) is 30.5 Å². The number of benzene rings is 2. The quantitative estimate of drug-likeness (QED) is 0.310. The molecule has 2 aromatic rings. The van der Waals surface area contributed by atoms with Gasteiger partial charge in [-0.05, 0) is 75.6 Å². The first kappa shape index (κ1) is 32.0. The molecule has 0 bridgehead atoms. The van der Waals surface area contributed by atoms with Crippen molar-refractivity contribution in [3.8, 4) is 0 Å². The molecular weight excluding hydrogens is 512 g/mol. The van der Waals surface area contributed by atoms with Gasteiger partial charge in [-0.1, -0.05) is 32.9 Å². The van der Waals surface area contributed by atoms with E-state index in [0.29, 0.717) is 23.4 Å². The highest BCUT2D eigenvalue weighted by Crippen LogP contribution is 2.17. The summed E-state index contributed by atoms with van der Waals surface area (Å²) in [7, 11) is 0. The Morgan fingerprint density at radius 2 is 1.32 bits per heavy atom. The van der Waals surface area contributed by atoms with E-state index in [1.165, 1.54) is 0 Å². The highest BCUT2D eigenvalue weighted by Gasteiger charge is 2.27. The molecular formula is C30H40N4O6. The van der Waals surface area contributed by atoms with E-state index in [2.05, 4.69) is 21.3 Å². The lowest BCUT2D eigenvalue weighted by Gasteiger charge is -2.24. The number of nitrogens with one attached hydrogen (secondary N) is 4. The summed E-state index contributed by atoms with van der Waals surface area (Å²) < 4.78 is 5.30. The molecule has 4 N–H and O–H groups in total. The second kappa shape index (κ2) is 14.3. The Morgan fingerprint density at radius 1 is 0.775 bits per heavy atom. The van der Waals surface area contributed by atoms with E-state index in [1.54, 1.807) is 97.0 Å². The Hall–Kier alpha value is -4.21. The van der Waals surface area contributed by atoms with Crippen LogP contribution in [0.4, 0.5) is 11.4 Å².